The summed E-state index contributed by atoms with van der Waals surface area (Å²) in [7, 11) is 1.63. The van der Waals surface area contributed by atoms with Gasteiger partial charge in [-0.05, 0) is 60.6 Å². The van der Waals surface area contributed by atoms with Gasteiger partial charge in [-0.3, -0.25) is 9.59 Å². The third kappa shape index (κ3) is 9.50. The topological polar surface area (TPSA) is 134 Å². The van der Waals surface area contributed by atoms with Crippen molar-refractivity contribution in [2.24, 2.45) is 0 Å². The zero-order chi connectivity index (χ0) is 28.5. The first kappa shape index (κ1) is 33.6. The van der Waals surface area contributed by atoms with Crippen LogP contribution in [0, 0.1) is 5.82 Å². The molecule has 4 N–H and O–H groups in total. The van der Waals surface area contributed by atoms with Gasteiger partial charge in [0, 0.05) is 24.9 Å². The molecule has 0 radical (unpaired) electrons. The van der Waals surface area contributed by atoms with Gasteiger partial charge in [0.1, 0.15) is 5.82 Å². The number of hydrogen-bond donors (Lipinski definition) is 4. The number of hydrogen-bond acceptors (Lipinski definition) is 6. The summed E-state index contributed by atoms with van der Waals surface area (Å²) in [6, 6.07) is 13.4. The first-order valence-corrected chi connectivity index (χ1v) is 12.9. The van der Waals surface area contributed by atoms with Gasteiger partial charge < -0.3 is 25.4 Å². The molecule has 0 fully saturated rings. The van der Waals surface area contributed by atoms with Crippen LogP contribution >= 0.6 is 0 Å². The molecule has 0 unspecified atom stereocenters. The fraction of sp³-hybridized carbons (Fsp3) is 0.414. The van der Waals surface area contributed by atoms with E-state index in [2.05, 4.69) is 10.4 Å². The Morgan fingerprint density at radius 2 is 1.65 bits per heavy atom. The van der Waals surface area contributed by atoms with E-state index < -0.39 is 30.4 Å². The molecule has 1 aromatic heterocycles. The van der Waals surface area contributed by atoms with Crippen LogP contribution in [-0.4, -0.2) is 85.9 Å². The summed E-state index contributed by atoms with van der Waals surface area (Å²) >= 11 is 0. The predicted octanol–water partition coefficient (Wildman–Crippen LogP) is 3.08. The number of aliphatic carboxylic acids is 1. The van der Waals surface area contributed by atoms with Gasteiger partial charge in [0.2, 0.25) is 0 Å². The summed E-state index contributed by atoms with van der Waals surface area (Å²) in [4.78, 5) is 24.2. The second kappa shape index (κ2) is 16.0. The number of methoxy groups -OCH3 is 1. The Morgan fingerprint density at radius 3 is 2.23 bits per heavy atom. The van der Waals surface area contributed by atoms with Crippen molar-refractivity contribution >= 4 is 41.4 Å². The van der Waals surface area contributed by atoms with Crippen molar-refractivity contribution in [3.05, 3.63) is 82.4 Å². The number of nitrogens with zero attached hydrogens (tertiary/aromatic N) is 2. The molecule has 0 aliphatic carbocycles. The van der Waals surface area contributed by atoms with Crippen LogP contribution in [0.2, 0.25) is 0 Å². The van der Waals surface area contributed by atoms with Crippen molar-refractivity contribution < 1.29 is 34.0 Å². The number of ether oxygens (including phenoxy) is 1. The minimum atomic E-state index is -1.17. The molecule has 212 valence electrons. The fourth-order valence-electron chi connectivity index (χ4n) is 4.48. The number of aliphatic hydroxyl groups is 2. The molecule has 0 aliphatic heterocycles. The Morgan fingerprint density at radius 1 is 1.02 bits per heavy atom. The van der Waals surface area contributed by atoms with Crippen LogP contribution < -0.4 is 5.32 Å². The number of halogens is 1. The van der Waals surface area contributed by atoms with E-state index in [1.165, 1.54) is 12.1 Å². The van der Waals surface area contributed by atoms with E-state index in [0.29, 0.717) is 36.5 Å². The summed E-state index contributed by atoms with van der Waals surface area (Å²) < 4.78 is 20.4. The monoisotopic (exact) mass is 565 g/mol. The van der Waals surface area contributed by atoms with Gasteiger partial charge in [-0.1, -0.05) is 38.1 Å². The van der Waals surface area contributed by atoms with Crippen molar-refractivity contribution in [2.75, 3.05) is 7.11 Å². The van der Waals surface area contributed by atoms with Crippen LogP contribution in [0.15, 0.2) is 48.5 Å². The molecular weight excluding hydrogens is 528 g/mol. The average Bonchev–Trinajstić information content (AvgIpc) is 3.27. The van der Waals surface area contributed by atoms with Crippen molar-refractivity contribution in [3.63, 3.8) is 0 Å². The molecule has 40 heavy (non-hydrogen) atoms. The van der Waals surface area contributed by atoms with Crippen LogP contribution in [0.3, 0.4) is 0 Å². The molecule has 9 nitrogen and oxygen atoms in total. The zero-order valence-corrected chi connectivity index (χ0v) is 22.4. The molecule has 0 saturated heterocycles. The van der Waals surface area contributed by atoms with Gasteiger partial charge in [-0.15, -0.1) is 0 Å². The number of carboxylic acid groups (broad SMARTS) is 1. The van der Waals surface area contributed by atoms with E-state index in [-0.39, 0.29) is 59.9 Å². The summed E-state index contributed by atoms with van der Waals surface area (Å²) in [5, 5.41) is 36.8. The van der Waals surface area contributed by atoms with Crippen LogP contribution in [0.1, 0.15) is 71.9 Å². The molecule has 1 amide bonds. The summed E-state index contributed by atoms with van der Waals surface area (Å²) in [5.74, 6) is -2.01. The maximum absolute atomic E-state index is 13.6. The molecule has 2 atom stereocenters. The number of carboxylic acids is 1. The zero-order valence-electron chi connectivity index (χ0n) is 22.4. The van der Waals surface area contributed by atoms with Crippen molar-refractivity contribution in [1.82, 2.24) is 15.1 Å². The Bertz CT molecular complexity index is 1250. The number of amides is 1. The van der Waals surface area contributed by atoms with Crippen LogP contribution in [0.4, 0.5) is 4.39 Å². The molecule has 2 aromatic carbocycles. The number of carbonyl (C=O) groups excluding carboxylic acids is 1. The molecule has 11 heteroatoms. The third-order valence-electron chi connectivity index (χ3n) is 6.34. The maximum atomic E-state index is 13.6. The second-order valence-corrected chi connectivity index (χ2v) is 9.86. The van der Waals surface area contributed by atoms with Crippen molar-refractivity contribution in [3.8, 4) is 5.69 Å². The number of aliphatic hydroxyl groups excluding tert-OH is 2. The SMILES string of the molecule is COCc1ccc(CNC(=O)c2nn(-c3ccc(F)cc3)c(CC[C@@H](O)C[C@@H](O)CC(=O)O)c2C(C)C)cc1.[NaH]. The van der Waals surface area contributed by atoms with Crippen molar-refractivity contribution in [1.29, 1.82) is 0 Å². The molecule has 0 aliphatic rings. The molecule has 0 saturated carbocycles. The normalized spacial score (nSPS) is 12.6. The summed E-state index contributed by atoms with van der Waals surface area (Å²) in [6.07, 6.45) is -2.18. The summed E-state index contributed by atoms with van der Waals surface area (Å²) in [5.41, 5.74) is 4.11. The van der Waals surface area contributed by atoms with E-state index in [1.54, 1.807) is 23.9 Å². The van der Waals surface area contributed by atoms with Gasteiger partial charge in [-0.25, -0.2) is 9.07 Å². The van der Waals surface area contributed by atoms with E-state index in [9.17, 15) is 24.2 Å². The fourth-order valence-corrected chi connectivity index (χ4v) is 4.48. The first-order chi connectivity index (χ1) is 18.6. The first-order valence-electron chi connectivity index (χ1n) is 12.9. The molecule has 3 rings (SSSR count). The number of aromatic nitrogens is 2. The molecule has 3 aromatic rings. The minimum absolute atomic E-state index is 0. The van der Waals surface area contributed by atoms with E-state index in [1.807, 2.05) is 38.1 Å². The molecule has 0 spiro atoms. The van der Waals surface area contributed by atoms with Crippen LogP contribution in [-0.2, 0) is 29.1 Å². The standard InChI is InChI=1S/C29H36FN3O6.Na.H/c1-18(2)27-25(13-12-23(34)14-24(35)15-26(36)37)33(22-10-8-21(30)9-11-22)32-28(27)29(38)31-16-19-4-6-20(7-5-19)17-39-3;;/h4-11,18,23-24,34-35H,12-17H2,1-3H3,(H,31,38)(H,36,37);;/t23-,24-;;/m1../s1. The second-order valence-electron chi connectivity index (χ2n) is 9.86. The third-order valence-corrected chi connectivity index (χ3v) is 6.34. The van der Waals surface area contributed by atoms with Gasteiger partial charge in [-0.2, -0.15) is 5.10 Å². The quantitative estimate of drug-likeness (QED) is 0.221. The molecular formula is C29H37FN3NaO6. The number of rotatable bonds is 14. The van der Waals surface area contributed by atoms with E-state index in [4.69, 9.17) is 9.84 Å². The van der Waals surface area contributed by atoms with Gasteiger partial charge in [0.25, 0.3) is 5.91 Å². The van der Waals surface area contributed by atoms with Crippen LogP contribution in [0.25, 0.3) is 5.69 Å². The van der Waals surface area contributed by atoms with Crippen molar-refractivity contribution in [2.45, 2.75) is 70.8 Å². The summed E-state index contributed by atoms with van der Waals surface area (Å²) in [6.45, 7) is 4.67. The Labute approximate surface area is 255 Å². The van der Waals surface area contributed by atoms with Gasteiger partial charge in [0.15, 0.2) is 5.69 Å². The van der Waals surface area contributed by atoms with E-state index >= 15 is 0 Å². The Kier molecular flexibility index (Phi) is 13.4. The molecule has 0 bridgehead atoms. The number of benzene rings is 2. The number of nitrogens with one attached hydrogen (secondary N) is 1. The number of carbonyl (C=O) groups is 2. The predicted molar refractivity (Wildman–Crippen MR) is 150 cm³/mol. The van der Waals surface area contributed by atoms with Gasteiger partial charge >= 0.3 is 35.5 Å². The average molecular weight is 566 g/mol. The Hall–Kier alpha value is -2.60. The van der Waals surface area contributed by atoms with Gasteiger partial charge in [0.05, 0.1) is 30.9 Å². The Balaban J connectivity index is 0.00000560. The molecule has 1 heterocycles. The van der Waals surface area contributed by atoms with Crippen LogP contribution in [0.5, 0.6) is 0 Å². The van der Waals surface area contributed by atoms with E-state index in [0.717, 1.165) is 11.1 Å².